The lowest BCUT2D eigenvalue weighted by molar-refractivity contribution is -0.265. The zero-order chi connectivity index (χ0) is 55.9. The molecule has 424 valence electrons. The fourth-order valence-corrected chi connectivity index (χ4v) is 11.3. The van der Waals surface area contributed by atoms with Crippen molar-refractivity contribution in [2.24, 2.45) is 42.6 Å². The second-order valence-electron chi connectivity index (χ2n) is 22.1. The monoisotopic (exact) mass is 1060 g/mol. The predicted molar refractivity (Wildman–Crippen MR) is 284 cm³/mol. The maximum atomic E-state index is 14.6. The van der Waals surface area contributed by atoms with Crippen molar-refractivity contribution < 1.29 is 67.4 Å². The van der Waals surface area contributed by atoms with E-state index in [-0.39, 0.29) is 80.0 Å². The fraction of sp³-hybridized carbons (Fsp3) is 0.707. The number of fused-ring (bicyclic) bond motifs is 3. The van der Waals surface area contributed by atoms with E-state index in [0.717, 1.165) is 12.0 Å². The molecule has 4 aliphatic rings. The zero-order valence-corrected chi connectivity index (χ0v) is 46.9. The van der Waals surface area contributed by atoms with Gasteiger partial charge in [-0.25, -0.2) is 9.78 Å². The summed E-state index contributed by atoms with van der Waals surface area (Å²) in [5.74, 6) is -8.16. The largest absolute Gasteiger partial charge is 0.460 e. The highest BCUT2D eigenvalue weighted by molar-refractivity contribution is 6.39. The summed E-state index contributed by atoms with van der Waals surface area (Å²) >= 11 is 0. The van der Waals surface area contributed by atoms with E-state index in [1.165, 1.54) is 12.0 Å². The maximum absolute atomic E-state index is 14.6. The Morgan fingerprint density at radius 1 is 0.908 bits per heavy atom. The van der Waals surface area contributed by atoms with Gasteiger partial charge in [-0.3, -0.25) is 24.0 Å². The molecule has 0 unspecified atom stereocenters. The third-order valence-electron chi connectivity index (χ3n) is 16.2. The quantitative estimate of drug-likeness (QED) is 0.0947. The number of carbonyl (C=O) groups is 6. The van der Waals surface area contributed by atoms with Gasteiger partial charge in [0.1, 0.15) is 30.1 Å². The highest BCUT2D eigenvalue weighted by atomic mass is 16.6. The molecule has 1 aliphatic carbocycles. The molecule has 0 spiro atoms. The van der Waals surface area contributed by atoms with Crippen molar-refractivity contribution in [3.63, 3.8) is 0 Å². The third kappa shape index (κ3) is 16.4. The molecule has 1 saturated carbocycles. The minimum Gasteiger partial charge on any atom is -0.460 e. The van der Waals surface area contributed by atoms with Gasteiger partial charge in [0.25, 0.3) is 17.6 Å². The molecular formula is C58H88N4O14. The second kappa shape index (κ2) is 29.3. The summed E-state index contributed by atoms with van der Waals surface area (Å²) in [6.45, 7) is 13.3. The van der Waals surface area contributed by atoms with Crippen LogP contribution in [0.5, 0.6) is 0 Å². The lowest BCUT2D eigenvalue weighted by Crippen LogP contribution is -2.61. The Morgan fingerprint density at radius 3 is 2.34 bits per heavy atom. The minimum atomic E-state index is -2.45. The molecule has 2 bridgehead atoms. The van der Waals surface area contributed by atoms with Gasteiger partial charge in [0.15, 0.2) is 11.6 Å². The Morgan fingerprint density at radius 2 is 1.66 bits per heavy atom. The van der Waals surface area contributed by atoms with Crippen LogP contribution in [0, 0.1) is 35.5 Å². The van der Waals surface area contributed by atoms with E-state index in [1.807, 2.05) is 58.1 Å². The van der Waals surface area contributed by atoms with Crippen LogP contribution in [-0.4, -0.2) is 155 Å². The topological polar surface area (TPSA) is 231 Å². The van der Waals surface area contributed by atoms with Gasteiger partial charge in [0.05, 0.1) is 31.0 Å². The number of methoxy groups -OCH3 is 3. The van der Waals surface area contributed by atoms with Gasteiger partial charge < -0.3 is 53.4 Å². The fourth-order valence-electron chi connectivity index (χ4n) is 11.3. The number of aliphatic hydroxyl groups excluding tert-OH is 1. The summed E-state index contributed by atoms with van der Waals surface area (Å²) in [5, 5.41) is 26.4. The number of imidazole rings is 1. The molecule has 18 nitrogen and oxygen atoms in total. The van der Waals surface area contributed by atoms with Gasteiger partial charge in [-0.2, -0.15) is 0 Å². The Bertz CT molecular complexity index is 2260. The second-order valence-corrected chi connectivity index (χ2v) is 22.1. The van der Waals surface area contributed by atoms with Crippen molar-refractivity contribution in [2.45, 2.75) is 180 Å². The average Bonchev–Trinajstić information content (AvgIpc) is 3.84. The van der Waals surface area contributed by atoms with Crippen LogP contribution in [-0.2, 0) is 59.4 Å². The summed E-state index contributed by atoms with van der Waals surface area (Å²) in [4.78, 5) is 89.3. The Hall–Kier alpha value is -4.69. The molecule has 15 atom stereocenters. The van der Waals surface area contributed by atoms with E-state index in [2.05, 4.69) is 10.3 Å². The lowest BCUT2D eigenvalue weighted by Gasteiger charge is -2.42. The van der Waals surface area contributed by atoms with E-state index in [9.17, 15) is 39.0 Å². The van der Waals surface area contributed by atoms with Crippen LogP contribution in [0.3, 0.4) is 0 Å². The molecule has 3 fully saturated rings. The highest BCUT2D eigenvalue weighted by Gasteiger charge is 2.53. The van der Waals surface area contributed by atoms with Crippen LogP contribution in [0.1, 0.15) is 136 Å². The first-order valence-electron chi connectivity index (χ1n) is 27.5. The van der Waals surface area contributed by atoms with Crippen LogP contribution in [0.4, 0.5) is 0 Å². The number of nitrogens with one attached hydrogen (secondary N) is 1. The third-order valence-corrected chi connectivity index (χ3v) is 16.2. The van der Waals surface area contributed by atoms with Crippen LogP contribution < -0.4 is 5.32 Å². The number of aromatic nitrogens is 2. The summed E-state index contributed by atoms with van der Waals surface area (Å²) in [6.07, 6.45) is 14.8. The molecule has 3 N–H and O–H groups in total. The molecule has 2 saturated heterocycles. The number of amides is 2. The van der Waals surface area contributed by atoms with E-state index >= 15 is 0 Å². The van der Waals surface area contributed by atoms with Crippen molar-refractivity contribution in [3.05, 3.63) is 65.8 Å². The van der Waals surface area contributed by atoms with Crippen molar-refractivity contribution in [1.29, 1.82) is 0 Å². The Kier molecular flexibility index (Phi) is 24.0. The SMILES string of the molecule is CO[C@H]1C[C@@H]2CC[C@@H](C)[C@@](O)(O2)C(=O)C(=O)N2CCCC[C@H]2C(=O)O[C@H]([C@H](C)C[C@H]2CC[C@@H](OCCNC(=O)c3nccn3C)[C@H](OC)C2)CC(=O)[C@H](C)/C=C(\C)[C@@H](O)[C@@H](OC)C(=O)[C@H](C)C[C@H](C)/C=C/C=C/C=C/1C. The van der Waals surface area contributed by atoms with Gasteiger partial charge in [0.2, 0.25) is 5.79 Å². The molecule has 2 amide bonds. The van der Waals surface area contributed by atoms with Crippen molar-refractivity contribution in [1.82, 2.24) is 19.8 Å². The number of esters is 1. The highest BCUT2D eigenvalue weighted by Crippen LogP contribution is 2.38. The molecule has 4 heterocycles. The van der Waals surface area contributed by atoms with Crippen molar-refractivity contribution in [2.75, 3.05) is 41.0 Å². The van der Waals surface area contributed by atoms with Crippen LogP contribution in [0.25, 0.3) is 0 Å². The summed E-state index contributed by atoms with van der Waals surface area (Å²) < 4.78 is 37.8. The number of ketones is 3. The number of aliphatic hydroxyl groups is 2. The number of carbonyl (C=O) groups excluding carboxylic acids is 6. The van der Waals surface area contributed by atoms with E-state index < -0.39 is 77.8 Å². The van der Waals surface area contributed by atoms with Gasteiger partial charge in [-0.15, -0.1) is 0 Å². The number of aryl methyl sites for hydroxylation is 1. The minimum absolute atomic E-state index is 0.00529. The first-order valence-corrected chi connectivity index (χ1v) is 27.5. The van der Waals surface area contributed by atoms with Gasteiger partial charge in [0, 0.05) is 84.5 Å². The Labute approximate surface area is 450 Å². The molecule has 5 rings (SSSR count). The smallest absolute Gasteiger partial charge is 0.329 e. The van der Waals surface area contributed by atoms with Gasteiger partial charge in [-0.1, -0.05) is 71.1 Å². The maximum Gasteiger partial charge on any atom is 0.329 e. The average molecular weight is 1070 g/mol. The molecular weight excluding hydrogens is 977 g/mol. The van der Waals surface area contributed by atoms with Gasteiger partial charge >= 0.3 is 5.97 Å². The Balaban J connectivity index is 1.40. The summed E-state index contributed by atoms with van der Waals surface area (Å²) in [7, 11) is 6.33. The number of cyclic esters (lactones) is 1. The lowest BCUT2D eigenvalue weighted by atomic mass is 9.78. The number of nitrogens with zero attached hydrogens (tertiary/aromatic N) is 3. The normalized spacial score (nSPS) is 36.2. The number of ether oxygens (including phenoxy) is 6. The number of piperidine rings is 1. The molecule has 76 heavy (non-hydrogen) atoms. The predicted octanol–water partition coefficient (Wildman–Crippen LogP) is 6.37. The summed E-state index contributed by atoms with van der Waals surface area (Å²) in [6, 6.07) is -1.17. The van der Waals surface area contributed by atoms with Crippen LogP contribution >= 0.6 is 0 Å². The molecule has 18 heteroatoms. The van der Waals surface area contributed by atoms with Gasteiger partial charge in [-0.05, 0) is 107 Å². The first kappa shape index (κ1) is 62.2. The van der Waals surface area contributed by atoms with E-state index in [0.29, 0.717) is 69.2 Å². The number of allylic oxidation sites excluding steroid dienone is 6. The van der Waals surface area contributed by atoms with Crippen LogP contribution in [0.15, 0.2) is 60.0 Å². The molecule has 0 aromatic carbocycles. The standard InChI is InChI=1S/C58H88N4O14/c1-35-17-13-12-14-18-36(2)47(71-9)33-43-22-20-41(7)58(70,76-43)53(66)56(68)62-26-16-15-19-44(62)57(69)75-48(34-45(63)37(3)30-40(6)51(65)52(73-11)50(64)39(5)29-35)38(4)31-42-21-23-46(49(32-42)72-10)74-28-25-60-55(67)54-59-24-27-61(54)8/h12-14,17-18,24,27,30,35,37-39,41-44,46-49,51-52,65,70H,15-16,19-23,25-26,28-29,31-34H2,1-11H3,(H,60,67)/b14-12+,17-13+,36-18+,40-30+/t35-,37-,38-,39-,41-,42-,43+,44+,46-,47+,48+,49-,51-,52+,58-/m1/s1. The number of rotatable bonds is 11. The van der Waals surface area contributed by atoms with Crippen molar-refractivity contribution in [3.8, 4) is 0 Å². The van der Waals surface area contributed by atoms with E-state index in [1.54, 1.807) is 65.1 Å². The molecule has 1 aromatic heterocycles. The first-order chi connectivity index (χ1) is 36.1. The van der Waals surface area contributed by atoms with E-state index in [4.69, 9.17) is 28.4 Å². The molecule has 1 aromatic rings. The summed E-state index contributed by atoms with van der Waals surface area (Å²) in [5.41, 5.74) is 1.25. The zero-order valence-electron chi connectivity index (χ0n) is 46.9. The number of Topliss-reactive ketones (excluding diaryl/α,β-unsaturated/α-hetero) is 3. The van der Waals surface area contributed by atoms with Crippen molar-refractivity contribution >= 4 is 35.1 Å². The number of hydrogen-bond acceptors (Lipinski definition) is 15. The number of hydrogen-bond donors (Lipinski definition) is 3. The molecule has 3 aliphatic heterocycles. The van der Waals surface area contributed by atoms with Crippen LogP contribution in [0.2, 0.25) is 0 Å². The molecule has 0 radical (unpaired) electrons.